The van der Waals surface area contributed by atoms with Crippen LogP contribution in [0, 0.1) is 0 Å². The number of anilines is 1. The van der Waals surface area contributed by atoms with Gasteiger partial charge in [-0.3, -0.25) is 4.68 Å². The standard InChI is InChI=1S/C7H13N3O/c1-3-10-7(8)4-6(9-10)5-11-2/h4H,3,5,8H2,1-2H3. The number of nitrogens with zero attached hydrogens (tertiary/aromatic N) is 2. The molecule has 0 fully saturated rings. The maximum atomic E-state index is 5.63. The Kier molecular flexibility index (Phi) is 2.48. The highest BCUT2D eigenvalue weighted by Gasteiger charge is 2.01. The first kappa shape index (κ1) is 8.07. The Morgan fingerprint density at radius 1 is 1.73 bits per heavy atom. The molecule has 0 aliphatic carbocycles. The Labute approximate surface area is 66.0 Å². The van der Waals surface area contributed by atoms with E-state index in [0.29, 0.717) is 12.4 Å². The van der Waals surface area contributed by atoms with E-state index in [1.165, 1.54) is 0 Å². The molecule has 1 rings (SSSR count). The molecule has 0 radical (unpaired) electrons. The van der Waals surface area contributed by atoms with Gasteiger partial charge in [0.15, 0.2) is 0 Å². The van der Waals surface area contributed by atoms with Crippen LogP contribution in [0.15, 0.2) is 6.07 Å². The lowest BCUT2D eigenvalue weighted by molar-refractivity contribution is 0.180. The fourth-order valence-corrected chi connectivity index (χ4v) is 0.959. The lowest BCUT2D eigenvalue weighted by Crippen LogP contribution is -2.01. The van der Waals surface area contributed by atoms with E-state index in [1.807, 2.05) is 13.0 Å². The van der Waals surface area contributed by atoms with Crippen molar-refractivity contribution in [2.45, 2.75) is 20.1 Å². The first-order chi connectivity index (χ1) is 5.27. The van der Waals surface area contributed by atoms with Crippen molar-refractivity contribution in [1.29, 1.82) is 0 Å². The molecule has 0 atom stereocenters. The number of hydrogen-bond acceptors (Lipinski definition) is 3. The number of aromatic nitrogens is 2. The molecule has 0 aromatic carbocycles. The molecule has 0 aliphatic heterocycles. The number of methoxy groups -OCH3 is 1. The molecule has 4 nitrogen and oxygen atoms in total. The third kappa shape index (κ3) is 1.71. The minimum Gasteiger partial charge on any atom is -0.384 e. The van der Waals surface area contributed by atoms with Gasteiger partial charge in [-0.05, 0) is 6.92 Å². The molecule has 0 amide bonds. The molecule has 0 saturated carbocycles. The van der Waals surface area contributed by atoms with Crippen molar-refractivity contribution in [3.05, 3.63) is 11.8 Å². The number of aryl methyl sites for hydroxylation is 1. The second-order valence-corrected chi connectivity index (χ2v) is 2.31. The Morgan fingerprint density at radius 3 is 2.91 bits per heavy atom. The minimum absolute atomic E-state index is 0.525. The van der Waals surface area contributed by atoms with E-state index in [0.717, 1.165) is 12.2 Å². The van der Waals surface area contributed by atoms with Gasteiger partial charge in [0.25, 0.3) is 0 Å². The molecular formula is C7H13N3O. The highest BCUT2D eigenvalue weighted by molar-refractivity contribution is 5.30. The molecule has 0 saturated heterocycles. The molecule has 4 heteroatoms. The predicted octanol–water partition coefficient (Wildman–Crippen LogP) is 0.632. The zero-order chi connectivity index (χ0) is 8.27. The van der Waals surface area contributed by atoms with Crippen molar-refractivity contribution in [1.82, 2.24) is 9.78 Å². The Balaban J connectivity index is 2.77. The maximum Gasteiger partial charge on any atom is 0.121 e. The van der Waals surface area contributed by atoms with Gasteiger partial charge < -0.3 is 10.5 Å². The van der Waals surface area contributed by atoms with Gasteiger partial charge >= 0.3 is 0 Å². The van der Waals surface area contributed by atoms with Crippen molar-refractivity contribution in [3.63, 3.8) is 0 Å². The third-order valence-corrected chi connectivity index (χ3v) is 1.45. The van der Waals surface area contributed by atoms with E-state index in [1.54, 1.807) is 11.8 Å². The summed E-state index contributed by atoms with van der Waals surface area (Å²) in [6.45, 7) is 3.33. The highest BCUT2D eigenvalue weighted by atomic mass is 16.5. The number of hydrogen-bond donors (Lipinski definition) is 1. The van der Waals surface area contributed by atoms with Crippen LogP contribution < -0.4 is 5.73 Å². The Morgan fingerprint density at radius 2 is 2.45 bits per heavy atom. The predicted molar refractivity (Wildman–Crippen MR) is 43.0 cm³/mol. The van der Waals surface area contributed by atoms with Gasteiger partial charge in [0, 0.05) is 19.7 Å². The van der Waals surface area contributed by atoms with Crippen LogP contribution in [-0.2, 0) is 17.9 Å². The van der Waals surface area contributed by atoms with Gasteiger partial charge in [-0.15, -0.1) is 0 Å². The van der Waals surface area contributed by atoms with Crippen LogP contribution in [0.2, 0.25) is 0 Å². The topological polar surface area (TPSA) is 53.1 Å². The summed E-state index contributed by atoms with van der Waals surface area (Å²) in [5.74, 6) is 0.694. The van der Waals surface area contributed by atoms with Crippen molar-refractivity contribution in [2.75, 3.05) is 12.8 Å². The molecule has 0 aliphatic rings. The van der Waals surface area contributed by atoms with Crippen LogP contribution in [0.3, 0.4) is 0 Å². The van der Waals surface area contributed by atoms with Crippen LogP contribution in [0.4, 0.5) is 5.82 Å². The average molecular weight is 155 g/mol. The smallest absolute Gasteiger partial charge is 0.121 e. The van der Waals surface area contributed by atoms with E-state index in [4.69, 9.17) is 10.5 Å². The fraction of sp³-hybridized carbons (Fsp3) is 0.571. The number of nitrogen functional groups attached to an aromatic ring is 1. The zero-order valence-corrected chi connectivity index (χ0v) is 6.87. The summed E-state index contributed by atoms with van der Waals surface area (Å²) >= 11 is 0. The molecule has 11 heavy (non-hydrogen) atoms. The molecule has 0 spiro atoms. The molecule has 1 aromatic rings. The van der Waals surface area contributed by atoms with Crippen LogP contribution in [0.25, 0.3) is 0 Å². The second kappa shape index (κ2) is 3.39. The van der Waals surface area contributed by atoms with Crippen LogP contribution in [0.5, 0.6) is 0 Å². The van der Waals surface area contributed by atoms with Crippen LogP contribution >= 0.6 is 0 Å². The SMILES string of the molecule is CCn1nc(COC)cc1N. The van der Waals surface area contributed by atoms with Gasteiger partial charge in [0.05, 0.1) is 12.3 Å². The first-order valence-electron chi connectivity index (χ1n) is 3.59. The number of ether oxygens (including phenoxy) is 1. The summed E-state index contributed by atoms with van der Waals surface area (Å²) in [4.78, 5) is 0. The van der Waals surface area contributed by atoms with Gasteiger partial charge in [0.1, 0.15) is 5.82 Å². The summed E-state index contributed by atoms with van der Waals surface area (Å²) in [6, 6.07) is 1.83. The zero-order valence-electron chi connectivity index (χ0n) is 6.87. The third-order valence-electron chi connectivity index (χ3n) is 1.45. The first-order valence-corrected chi connectivity index (χ1v) is 3.59. The van der Waals surface area contributed by atoms with Crippen molar-refractivity contribution in [2.24, 2.45) is 0 Å². The van der Waals surface area contributed by atoms with E-state index in [2.05, 4.69) is 5.10 Å². The number of rotatable bonds is 3. The monoisotopic (exact) mass is 155 g/mol. The van der Waals surface area contributed by atoms with E-state index in [9.17, 15) is 0 Å². The molecule has 0 bridgehead atoms. The molecule has 2 N–H and O–H groups in total. The Hall–Kier alpha value is -1.03. The number of nitrogens with two attached hydrogens (primary N) is 1. The largest absolute Gasteiger partial charge is 0.384 e. The van der Waals surface area contributed by atoms with E-state index < -0.39 is 0 Å². The molecule has 62 valence electrons. The summed E-state index contributed by atoms with van der Waals surface area (Å²) in [5.41, 5.74) is 6.51. The fourth-order valence-electron chi connectivity index (χ4n) is 0.959. The van der Waals surface area contributed by atoms with Crippen molar-refractivity contribution < 1.29 is 4.74 Å². The quantitative estimate of drug-likeness (QED) is 0.696. The molecule has 0 unspecified atom stereocenters. The summed E-state index contributed by atoms with van der Waals surface area (Å²) in [7, 11) is 1.64. The van der Waals surface area contributed by atoms with Gasteiger partial charge in [-0.25, -0.2) is 0 Å². The van der Waals surface area contributed by atoms with E-state index in [-0.39, 0.29) is 0 Å². The van der Waals surface area contributed by atoms with Gasteiger partial charge in [-0.2, -0.15) is 5.10 Å². The summed E-state index contributed by atoms with van der Waals surface area (Å²) in [5, 5.41) is 4.18. The van der Waals surface area contributed by atoms with Gasteiger partial charge in [0.2, 0.25) is 0 Å². The normalized spacial score (nSPS) is 10.4. The second-order valence-electron chi connectivity index (χ2n) is 2.31. The molecule has 1 heterocycles. The average Bonchev–Trinajstić information content (AvgIpc) is 2.32. The lowest BCUT2D eigenvalue weighted by atomic mass is 10.4. The minimum atomic E-state index is 0.525. The van der Waals surface area contributed by atoms with Crippen LogP contribution in [0.1, 0.15) is 12.6 Å². The van der Waals surface area contributed by atoms with E-state index >= 15 is 0 Å². The van der Waals surface area contributed by atoms with Gasteiger partial charge in [-0.1, -0.05) is 0 Å². The highest BCUT2D eigenvalue weighted by Crippen LogP contribution is 2.06. The van der Waals surface area contributed by atoms with Crippen LogP contribution in [-0.4, -0.2) is 16.9 Å². The molecule has 1 aromatic heterocycles. The lowest BCUT2D eigenvalue weighted by Gasteiger charge is -1.95. The molecular weight excluding hydrogens is 142 g/mol. The summed E-state index contributed by atoms with van der Waals surface area (Å²) < 4.78 is 6.65. The van der Waals surface area contributed by atoms with Crippen molar-refractivity contribution >= 4 is 5.82 Å². The summed E-state index contributed by atoms with van der Waals surface area (Å²) in [6.07, 6.45) is 0. The Bertz CT molecular complexity index is 232. The van der Waals surface area contributed by atoms with Crippen molar-refractivity contribution in [3.8, 4) is 0 Å². The maximum absolute atomic E-state index is 5.63.